The molecule has 1 aliphatic rings. The fourth-order valence-electron chi connectivity index (χ4n) is 2.69. The molecule has 2 heterocycles. The van der Waals surface area contributed by atoms with Gasteiger partial charge in [0.1, 0.15) is 0 Å². The average Bonchev–Trinajstić information content (AvgIpc) is 2.39. The van der Waals surface area contributed by atoms with E-state index >= 15 is 0 Å². The smallest absolute Gasteiger partial charge is 0.219 e. The van der Waals surface area contributed by atoms with Crippen molar-refractivity contribution in [1.29, 1.82) is 0 Å². The molecule has 1 aliphatic heterocycles. The Morgan fingerprint density at radius 1 is 1.42 bits per heavy atom. The van der Waals surface area contributed by atoms with Gasteiger partial charge in [-0.15, -0.1) is 0 Å². The minimum Gasteiger partial charge on any atom is -0.338 e. The van der Waals surface area contributed by atoms with E-state index in [0.29, 0.717) is 6.54 Å². The highest BCUT2D eigenvalue weighted by atomic mass is 79.9. The summed E-state index contributed by atoms with van der Waals surface area (Å²) in [6.45, 7) is 5.22. The van der Waals surface area contributed by atoms with Crippen molar-refractivity contribution >= 4 is 32.7 Å². The summed E-state index contributed by atoms with van der Waals surface area (Å²) in [7, 11) is 0. The Morgan fingerprint density at radius 2 is 2.21 bits per heavy atom. The van der Waals surface area contributed by atoms with E-state index in [-0.39, 0.29) is 5.91 Å². The van der Waals surface area contributed by atoms with E-state index in [9.17, 15) is 4.79 Å². The van der Waals surface area contributed by atoms with E-state index in [1.165, 1.54) is 16.5 Å². The van der Waals surface area contributed by atoms with Crippen LogP contribution in [0.2, 0.25) is 0 Å². The standard InChI is InChI=1S/C15H15BrN2O/c1-9-12-7-11(16)3-4-14(12)17-15-5-6-18(10(2)19)8-13(9)15/h3-4,7H,5-6,8H2,1-2H3. The number of pyridine rings is 1. The predicted molar refractivity (Wildman–Crippen MR) is 79.0 cm³/mol. The highest BCUT2D eigenvalue weighted by Crippen LogP contribution is 2.29. The molecule has 4 heteroatoms. The molecular formula is C15H15BrN2O. The first kappa shape index (κ1) is 12.6. The number of carbonyl (C=O) groups excluding carboxylic acids is 1. The zero-order valence-electron chi connectivity index (χ0n) is 11.0. The van der Waals surface area contributed by atoms with Gasteiger partial charge in [-0.2, -0.15) is 0 Å². The summed E-state index contributed by atoms with van der Waals surface area (Å²) in [4.78, 5) is 18.2. The minimum absolute atomic E-state index is 0.138. The molecule has 0 spiro atoms. The van der Waals surface area contributed by atoms with Gasteiger partial charge in [0.25, 0.3) is 0 Å². The normalized spacial score (nSPS) is 14.6. The van der Waals surface area contributed by atoms with Crippen LogP contribution in [0.25, 0.3) is 10.9 Å². The van der Waals surface area contributed by atoms with Gasteiger partial charge in [-0.1, -0.05) is 15.9 Å². The van der Waals surface area contributed by atoms with E-state index in [2.05, 4.69) is 28.9 Å². The molecule has 1 aromatic heterocycles. The second kappa shape index (κ2) is 4.60. The number of halogens is 1. The van der Waals surface area contributed by atoms with Crippen LogP contribution in [0.5, 0.6) is 0 Å². The number of nitrogens with zero attached hydrogens (tertiary/aromatic N) is 2. The van der Waals surface area contributed by atoms with E-state index in [1.807, 2.05) is 17.0 Å². The third kappa shape index (κ3) is 2.14. The highest BCUT2D eigenvalue weighted by molar-refractivity contribution is 9.10. The average molecular weight is 319 g/mol. The zero-order valence-corrected chi connectivity index (χ0v) is 12.6. The molecule has 1 amide bonds. The molecule has 0 atom stereocenters. The van der Waals surface area contributed by atoms with Gasteiger partial charge in [-0.05, 0) is 36.2 Å². The number of aryl methyl sites for hydroxylation is 1. The Kier molecular flexibility index (Phi) is 3.05. The lowest BCUT2D eigenvalue weighted by atomic mass is 9.97. The maximum atomic E-state index is 11.5. The molecule has 0 bridgehead atoms. The first-order chi connectivity index (χ1) is 9.06. The summed E-state index contributed by atoms with van der Waals surface area (Å²) in [5.41, 5.74) is 4.64. The molecule has 0 saturated carbocycles. The van der Waals surface area contributed by atoms with Crippen molar-refractivity contribution in [2.45, 2.75) is 26.8 Å². The zero-order chi connectivity index (χ0) is 13.6. The Balaban J connectivity index is 2.18. The van der Waals surface area contributed by atoms with Crippen molar-refractivity contribution < 1.29 is 4.79 Å². The molecule has 3 nitrogen and oxygen atoms in total. The van der Waals surface area contributed by atoms with Gasteiger partial charge in [0.05, 0.1) is 5.52 Å². The first-order valence-electron chi connectivity index (χ1n) is 6.39. The molecular weight excluding hydrogens is 304 g/mol. The quantitative estimate of drug-likeness (QED) is 0.747. The van der Waals surface area contributed by atoms with Crippen molar-refractivity contribution in [3.63, 3.8) is 0 Å². The van der Waals surface area contributed by atoms with Crippen LogP contribution < -0.4 is 0 Å². The van der Waals surface area contributed by atoms with Crippen molar-refractivity contribution in [2.75, 3.05) is 6.54 Å². The van der Waals surface area contributed by atoms with Crippen LogP contribution in [0.1, 0.15) is 23.7 Å². The highest BCUT2D eigenvalue weighted by Gasteiger charge is 2.22. The molecule has 0 unspecified atom stereocenters. The molecule has 3 rings (SSSR count). The summed E-state index contributed by atoms with van der Waals surface area (Å²) in [5.74, 6) is 0.138. The minimum atomic E-state index is 0.138. The van der Waals surface area contributed by atoms with Gasteiger partial charge >= 0.3 is 0 Å². The van der Waals surface area contributed by atoms with Crippen molar-refractivity contribution in [3.8, 4) is 0 Å². The van der Waals surface area contributed by atoms with E-state index in [1.54, 1.807) is 6.92 Å². The van der Waals surface area contributed by atoms with E-state index < -0.39 is 0 Å². The Bertz CT molecular complexity index is 681. The Hall–Kier alpha value is -1.42. The topological polar surface area (TPSA) is 33.2 Å². The number of hydrogen-bond acceptors (Lipinski definition) is 2. The summed E-state index contributed by atoms with van der Waals surface area (Å²) in [6, 6.07) is 6.17. The van der Waals surface area contributed by atoms with Crippen LogP contribution in [0.15, 0.2) is 22.7 Å². The lowest BCUT2D eigenvalue weighted by Gasteiger charge is -2.29. The third-order valence-electron chi connectivity index (χ3n) is 3.83. The van der Waals surface area contributed by atoms with Gasteiger partial charge in [0, 0.05) is 42.0 Å². The number of fused-ring (bicyclic) bond motifs is 2. The summed E-state index contributed by atoms with van der Waals surface area (Å²) in [5, 5.41) is 1.17. The largest absolute Gasteiger partial charge is 0.338 e. The lowest BCUT2D eigenvalue weighted by Crippen LogP contribution is -2.35. The van der Waals surface area contributed by atoms with E-state index in [4.69, 9.17) is 4.98 Å². The van der Waals surface area contributed by atoms with Crippen LogP contribution in [-0.2, 0) is 17.8 Å². The molecule has 0 fully saturated rings. The second-order valence-corrected chi connectivity index (χ2v) is 5.93. The van der Waals surface area contributed by atoms with Crippen LogP contribution in [0, 0.1) is 6.92 Å². The predicted octanol–water partition coefficient (Wildman–Crippen LogP) is 3.21. The van der Waals surface area contributed by atoms with Gasteiger partial charge in [-0.25, -0.2) is 0 Å². The number of carbonyl (C=O) groups is 1. The summed E-state index contributed by atoms with van der Waals surface area (Å²) < 4.78 is 1.06. The Labute approximate surface area is 120 Å². The monoisotopic (exact) mass is 318 g/mol. The fraction of sp³-hybridized carbons (Fsp3) is 0.333. The maximum Gasteiger partial charge on any atom is 0.219 e. The molecule has 0 saturated heterocycles. The van der Waals surface area contributed by atoms with Crippen LogP contribution in [0.4, 0.5) is 0 Å². The molecule has 19 heavy (non-hydrogen) atoms. The van der Waals surface area contributed by atoms with Gasteiger partial charge in [0.15, 0.2) is 0 Å². The lowest BCUT2D eigenvalue weighted by molar-refractivity contribution is -0.129. The van der Waals surface area contributed by atoms with Crippen LogP contribution >= 0.6 is 15.9 Å². The van der Waals surface area contributed by atoms with Crippen molar-refractivity contribution in [2.24, 2.45) is 0 Å². The number of amides is 1. The summed E-state index contributed by atoms with van der Waals surface area (Å²) >= 11 is 3.51. The maximum absolute atomic E-state index is 11.5. The third-order valence-corrected chi connectivity index (χ3v) is 4.33. The van der Waals surface area contributed by atoms with Crippen molar-refractivity contribution in [3.05, 3.63) is 39.5 Å². The number of hydrogen-bond donors (Lipinski definition) is 0. The molecule has 98 valence electrons. The SMILES string of the molecule is CC(=O)N1CCc2nc3ccc(Br)cc3c(C)c2C1. The van der Waals surface area contributed by atoms with E-state index in [0.717, 1.165) is 28.6 Å². The molecule has 0 N–H and O–H groups in total. The van der Waals surface area contributed by atoms with Gasteiger partial charge in [-0.3, -0.25) is 9.78 Å². The van der Waals surface area contributed by atoms with Crippen LogP contribution in [0.3, 0.4) is 0 Å². The number of rotatable bonds is 0. The van der Waals surface area contributed by atoms with Crippen LogP contribution in [-0.4, -0.2) is 22.3 Å². The molecule has 1 aromatic carbocycles. The second-order valence-electron chi connectivity index (χ2n) is 5.01. The number of benzene rings is 1. The van der Waals surface area contributed by atoms with Gasteiger partial charge < -0.3 is 4.90 Å². The van der Waals surface area contributed by atoms with Gasteiger partial charge in [0.2, 0.25) is 5.91 Å². The first-order valence-corrected chi connectivity index (χ1v) is 7.18. The van der Waals surface area contributed by atoms with Crippen molar-refractivity contribution in [1.82, 2.24) is 9.88 Å². The molecule has 0 radical (unpaired) electrons. The summed E-state index contributed by atoms with van der Waals surface area (Å²) in [6.07, 6.45) is 0.849. The molecule has 2 aromatic rings. The molecule has 0 aliphatic carbocycles. The Morgan fingerprint density at radius 3 is 2.95 bits per heavy atom. The number of aromatic nitrogens is 1. The fourth-order valence-corrected chi connectivity index (χ4v) is 3.06.